The Balaban J connectivity index is 1.57. The van der Waals surface area contributed by atoms with E-state index >= 15 is 0 Å². The molecular weight excluding hydrogens is 284 g/mol. The molecule has 7 heteroatoms. The first kappa shape index (κ1) is 15.0. The summed E-state index contributed by atoms with van der Waals surface area (Å²) in [7, 11) is 1.53. The second-order valence-electron chi connectivity index (χ2n) is 5.71. The van der Waals surface area contributed by atoms with Crippen molar-refractivity contribution in [3.63, 3.8) is 0 Å². The van der Waals surface area contributed by atoms with Gasteiger partial charge in [-0.05, 0) is 12.8 Å². The molecule has 120 valence electrons. The van der Waals surface area contributed by atoms with Gasteiger partial charge in [-0.3, -0.25) is 4.79 Å². The minimum absolute atomic E-state index is 0.00837. The van der Waals surface area contributed by atoms with Crippen LogP contribution in [0.1, 0.15) is 19.3 Å². The van der Waals surface area contributed by atoms with E-state index in [9.17, 15) is 4.79 Å². The Hall–Kier alpha value is -1.89. The molecule has 1 unspecified atom stereocenters. The van der Waals surface area contributed by atoms with Crippen LogP contribution in [-0.2, 0) is 9.53 Å². The fourth-order valence-electron chi connectivity index (χ4n) is 2.95. The summed E-state index contributed by atoms with van der Waals surface area (Å²) in [6.45, 7) is 3.50. The number of methoxy groups -OCH3 is 1. The highest BCUT2D eigenvalue weighted by Crippen LogP contribution is 2.22. The lowest BCUT2D eigenvalue weighted by Crippen LogP contribution is -2.33. The molecule has 1 amide bonds. The van der Waals surface area contributed by atoms with Crippen LogP contribution in [0, 0.1) is 0 Å². The summed E-state index contributed by atoms with van der Waals surface area (Å²) < 4.78 is 10.8. The van der Waals surface area contributed by atoms with E-state index in [1.807, 2.05) is 6.07 Å². The van der Waals surface area contributed by atoms with E-state index in [1.54, 1.807) is 11.2 Å². The Morgan fingerprint density at radius 3 is 2.91 bits per heavy atom. The number of ether oxygens (including phenoxy) is 2. The fraction of sp³-hybridized carbons (Fsp3) is 0.667. The van der Waals surface area contributed by atoms with Crippen molar-refractivity contribution in [3.8, 4) is 5.88 Å². The highest BCUT2D eigenvalue weighted by molar-refractivity contribution is 5.77. The molecule has 0 bridgehead atoms. The van der Waals surface area contributed by atoms with Gasteiger partial charge in [0.15, 0.2) is 0 Å². The van der Waals surface area contributed by atoms with Gasteiger partial charge in [0.1, 0.15) is 24.9 Å². The zero-order chi connectivity index (χ0) is 15.4. The molecule has 2 aliphatic rings. The number of nitrogens with zero attached hydrogens (tertiary/aromatic N) is 4. The highest BCUT2D eigenvalue weighted by atomic mass is 16.5. The molecule has 1 atom stereocenters. The molecule has 2 aliphatic heterocycles. The zero-order valence-electron chi connectivity index (χ0n) is 12.9. The zero-order valence-corrected chi connectivity index (χ0v) is 12.9. The number of rotatable bonds is 5. The van der Waals surface area contributed by atoms with Gasteiger partial charge in [0.25, 0.3) is 0 Å². The molecular formula is C15H22N4O3. The maximum Gasteiger partial charge on any atom is 0.248 e. The number of hydrogen-bond donors (Lipinski definition) is 0. The van der Waals surface area contributed by atoms with Crippen molar-refractivity contribution in [1.82, 2.24) is 14.9 Å². The third kappa shape index (κ3) is 3.47. The predicted molar refractivity (Wildman–Crippen MR) is 81.0 cm³/mol. The molecule has 1 aromatic heterocycles. The van der Waals surface area contributed by atoms with Gasteiger partial charge >= 0.3 is 0 Å². The Morgan fingerprint density at radius 1 is 1.32 bits per heavy atom. The van der Waals surface area contributed by atoms with Crippen molar-refractivity contribution in [1.29, 1.82) is 0 Å². The Bertz CT molecular complexity index is 519. The Kier molecular flexibility index (Phi) is 4.72. The van der Waals surface area contributed by atoms with Gasteiger partial charge < -0.3 is 19.3 Å². The number of likely N-dealkylation sites (tertiary alicyclic amines) is 1. The molecule has 2 fully saturated rings. The van der Waals surface area contributed by atoms with Gasteiger partial charge in [0, 0.05) is 39.2 Å². The second kappa shape index (κ2) is 6.91. The summed E-state index contributed by atoms with van der Waals surface area (Å²) in [5.74, 6) is 1.52. The topological polar surface area (TPSA) is 67.8 Å². The quantitative estimate of drug-likeness (QED) is 0.798. The first-order valence-corrected chi connectivity index (χ1v) is 7.76. The standard InChI is InChI=1S/C15H22N4O3/c1-21-10-15(20)19-7-4-12(9-19)22-14-8-13(16-11-17-14)18-5-2-3-6-18/h8,11-12H,2-7,9-10H2,1H3. The van der Waals surface area contributed by atoms with Crippen LogP contribution < -0.4 is 9.64 Å². The van der Waals surface area contributed by atoms with Crippen molar-refractivity contribution in [2.24, 2.45) is 0 Å². The van der Waals surface area contributed by atoms with Crippen molar-refractivity contribution >= 4 is 11.7 Å². The maximum atomic E-state index is 11.8. The largest absolute Gasteiger partial charge is 0.472 e. The summed E-state index contributed by atoms with van der Waals surface area (Å²) >= 11 is 0. The minimum Gasteiger partial charge on any atom is -0.472 e. The summed E-state index contributed by atoms with van der Waals surface area (Å²) in [5.41, 5.74) is 0. The molecule has 0 spiro atoms. The number of aromatic nitrogens is 2. The van der Waals surface area contributed by atoms with Crippen LogP contribution in [0.15, 0.2) is 12.4 Å². The highest BCUT2D eigenvalue weighted by Gasteiger charge is 2.28. The molecule has 0 saturated carbocycles. The fourth-order valence-corrected chi connectivity index (χ4v) is 2.95. The minimum atomic E-state index is -0.0119. The monoisotopic (exact) mass is 306 g/mol. The molecule has 1 aromatic rings. The summed E-state index contributed by atoms with van der Waals surface area (Å²) in [6, 6.07) is 1.89. The van der Waals surface area contributed by atoms with Gasteiger partial charge in [-0.2, -0.15) is 0 Å². The van der Waals surface area contributed by atoms with E-state index in [4.69, 9.17) is 9.47 Å². The van der Waals surface area contributed by atoms with Gasteiger partial charge in [-0.25, -0.2) is 9.97 Å². The van der Waals surface area contributed by atoms with Gasteiger partial charge in [0.05, 0.1) is 6.54 Å². The molecule has 7 nitrogen and oxygen atoms in total. The lowest BCUT2D eigenvalue weighted by atomic mass is 10.3. The van der Waals surface area contributed by atoms with E-state index in [2.05, 4.69) is 14.9 Å². The summed E-state index contributed by atoms with van der Waals surface area (Å²) in [4.78, 5) is 24.3. The van der Waals surface area contributed by atoms with Crippen molar-refractivity contribution in [2.45, 2.75) is 25.4 Å². The van der Waals surface area contributed by atoms with E-state index < -0.39 is 0 Å². The average Bonchev–Trinajstić information content (AvgIpc) is 3.19. The van der Waals surface area contributed by atoms with E-state index in [1.165, 1.54) is 20.0 Å². The van der Waals surface area contributed by atoms with Crippen LogP contribution in [0.3, 0.4) is 0 Å². The number of anilines is 1. The van der Waals surface area contributed by atoms with Crippen LogP contribution in [0.2, 0.25) is 0 Å². The van der Waals surface area contributed by atoms with E-state index in [0.29, 0.717) is 19.0 Å². The number of amides is 1. The average molecular weight is 306 g/mol. The smallest absolute Gasteiger partial charge is 0.248 e. The molecule has 22 heavy (non-hydrogen) atoms. The SMILES string of the molecule is COCC(=O)N1CCC(Oc2cc(N3CCCC3)ncn2)C1. The molecule has 0 N–H and O–H groups in total. The maximum absolute atomic E-state index is 11.8. The van der Waals surface area contributed by atoms with Crippen molar-refractivity contribution in [3.05, 3.63) is 12.4 Å². The number of carbonyl (C=O) groups is 1. The second-order valence-corrected chi connectivity index (χ2v) is 5.71. The summed E-state index contributed by atoms with van der Waals surface area (Å²) in [5, 5.41) is 0. The number of carbonyl (C=O) groups excluding carboxylic acids is 1. The first-order chi connectivity index (χ1) is 10.8. The van der Waals surface area contributed by atoms with Crippen LogP contribution >= 0.6 is 0 Å². The first-order valence-electron chi connectivity index (χ1n) is 7.76. The molecule has 0 aromatic carbocycles. The molecule has 3 heterocycles. The molecule has 0 aliphatic carbocycles. The van der Waals surface area contributed by atoms with Crippen molar-refractivity contribution < 1.29 is 14.3 Å². The molecule has 3 rings (SSSR count). The lowest BCUT2D eigenvalue weighted by molar-refractivity contribution is -0.134. The van der Waals surface area contributed by atoms with Gasteiger partial charge in [0.2, 0.25) is 11.8 Å². The van der Waals surface area contributed by atoms with E-state index in [-0.39, 0.29) is 18.6 Å². The van der Waals surface area contributed by atoms with Crippen LogP contribution in [0.25, 0.3) is 0 Å². The predicted octanol–water partition coefficient (Wildman–Crippen LogP) is 0.703. The lowest BCUT2D eigenvalue weighted by Gasteiger charge is -2.18. The third-order valence-electron chi connectivity index (χ3n) is 4.11. The normalized spacial score (nSPS) is 21.4. The van der Waals surface area contributed by atoms with Crippen LogP contribution in [0.5, 0.6) is 5.88 Å². The Morgan fingerprint density at radius 2 is 2.14 bits per heavy atom. The van der Waals surface area contributed by atoms with Gasteiger partial charge in [-0.1, -0.05) is 0 Å². The third-order valence-corrected chi connectivity index (χ3v) is 4.11. The molecule has 0 radical (unpaired) electrons. The van der Waals surface area contributed by atoms with E-state index in [0.717, 1.165) is 25.3 Å². The summed E-state index contributed by atoms with van der Waals surface area (Å²) in [6.07, 6.45) is 4.77. The van der Waals surface area contributed by atoms with Crippen LogP contribution in [-0.4, -0.2) is 66.8 Å². The van der Waals surface area contributed by atoms with Gasteiger partial charge in [-0.15, -0.1) is 0 Å². The molecule has 2 saturated heterocycles. The van der Waals surface area contributed by atoms with Crippen molar-refractivity contribution in [2.75, 3.05) is 44.8 Å². The Labute approximate surface area is 130 Å². The number of hydrogen-bond acceptors (Lipinski definition) is 6. The van der Waals surface area contributed by atoms with Crippen LogP contribution in [0.4, 0.5) is 5.82 Å².